The summed E-state index contributed by atoms with van der Waals surface area (Å²) < 4.78 is 2.37. The molecule has 4 nitrogen and oxygen atoms in total. The number of anilines is 1. The van der Waals surface area contributed by atoms with Crippen molar-refractivity contribution >= 4 is 34.0 Å². The minimum Gasteiger partial charge on any atom is -0.398 e. The van der Waals surface area contributed by atoms with Gasteiger partial charge in [0.05, 0.1) is 11.2 Å². The number of hydrogen-bond donors (Lipinski definition) is 1. The number of rotatable bonds is 10. The fraction of sp³-hybridized carbons (Fsp3) is 0.145. The maximum Gasteiger partial charge on any atom is 0.0663 e. The molecule has 5 aromatic rings. The summed E-state index contributed by atoms with van der Waals surface area (Å²) in [4.78, 5) is 6.61. The molecule has 2 N–H and O–H groups in total. The maximum atomic E-state index is 6.05. The zero-order valence-electron chi connectivity index (χ0n) is 35.8. The molecule has 298 valence electrons. The number of hydrogen-bond acceptors (Lipinski definition) is 3. The predicted molar refractivity (Wildman–Crippen MR) is 260 cm³/mol. The highest BCUT2D eigenvalue weighted by Gasteiger charge is 2.18. The highest BCUT2D eigenvalue weighted by Crippen LogP contribution is 2.38. The van der Waals surface area contributed by atoms with Crippen molar-refractivity contribution in [3.63, 3.8) is 0 Å². The van der Waals surface area contributed by atoms with Gasteiger partial charge in [0.1, 0.15) is 0 Å². The zero-order chi connectivity index (χ0) is 42.3. The van der Waals surface area contributed by atoms with Crippen molar-refractivity contribution in [2.24, 2.45) is 10.7 Å². The third-order valence-corrected chi connectivity index (χ3v) is 10.0. The summed E-state index contributed by atoms with van der Waals surface area (Å²) in [7, 11) is 1.77. The number of aryl methyl sites for hydroxylation is 1. The lowest BCUT2D eigenvalue weighted by atomic mass is 9.96. The Kier molecular flexibility index (Phi) is 15.4. The number of aliphatic imine (C=N–C) groups is 1. The van der Waals surface area contributed by atoms with Gasteiger partial charge in [-0.05, 0) is 130 Å². The van der Waals surface area contributed by atoms with E-state index in [1.54, 1.807) is 7.05 Å². The molecule has 0 saturated heterocycles. The maximum absolute atomic E-state index is 6.05. The summed E-state index contributed by atoms with van der Waals surface area (Å²) in [6.07, 6.45) is 27.0. The third kappa shape index (κ3) is 10.7. The van der Waals surface area contributed by atoms with Gasteiger partial charge in [0.2, 0.25) is 0 Å². The Morgan fingerprint density at radius 3 is 2.17 bits per heavy atom. The van der Waals surface area contributed by atoms with Gasteiger partial charge < -0.3 is 15.2 Å². The molecule has 1 aliphatic heterocycles. The molecule has 0 bridgehead atoms. The van der Waals surface area contributed by atoms with Crippen LogP contribution in [0.2, 0.25) is 0 Å². The second-order valence-electron chi connectivity index (χ2n) is 14.4. The van der Waals surface area contributed by atoms with E-state index in [0.717, 1.165) is 68.4 Å². The van der Waals surface area contributed by atoms with Crippen molar-refractivity contribution in [1.82, 2.24) is 4.57 Å². The second kappa shape index (κ2) is 21.0. The average molecular weight is 775 g/mol. The largest absolute Gasteiger partial charge is 0.398 e. The first kappa shape index (κ1) is 43.2. The van der Waals surface area contributed by atoms with Crippen LogP contribution >= 0.6 is 0 Å². The van der Waals surface area contributed by atoms with Crippen molar-refractivity contribution in [1.29, 1.82) is 0 Å². The minimum atomic E-state index is 0.734. The first-order chi connectivity index (χ1) is 28.6. The number of aromatic nitrogens is 1. The van der Waals surface area contributed by atoms with Crippen LogP contribution in [0.25, 0.3) is 39.4 Å². The van der Waals surface area contributed by atoms with E-state index < -0.39 is 0 Å². The van der Waals surface area contributed by atoms with E-state index in [1.807, 2.05) is 82.3 Å². The second-order valence-corrected chi connectivity index (χ2v) is 14.4. The van der Waals surface area contributed by atoms with E-state index in [0.29, 0.717) is 0 Å². The number of fused-ring (bicyclic) bond motifs is 2. The Bertz CT molecular complexity index is 2560. The van der Waals surface area contributed by atoms with Gasteiger partial charge in [-0.3, -0.25) is 4.99 Å². The Labute approximate surface area is 352 Å². The average Bonchev–Trinajstić information content (AvgIpc) is 3.56. The van der Waals surface area contributed by atoms with Crippen molar-refractivity contribution in [2.45, 2.75) is 41.5 Å². The number of benzene rings is 4. The van der Waals surface area contributed by atoms with Gasteiger partial charge in [-0.25, -0.2) is 0 Å². The van der Waals surface area contributed by atoms with Crippen LogP contribution in [-0.4, -0.2) is 23.9 Å². The Morgan fingerprint density at radius 1 is 0.814 bits per heavy atom. The molecule has 2 heterocycles. The SMILES string of the molecule is C=C(C)/C=C(\C=C/C)N1C/C=C\C=C/C(=C)c2cc(-c3ccc4c(C)c(/C=C\C)n(-c5ccccc5)c4c3)ccc21.C\C=C/C=C(C)/C(N)=C/C(=NC)c1ccccc1. The summed E-state index contributed by atoms with van der Waals surface area (Å²) in [5, 5.41) is 1.26. The van der Waals surface area contributed by atoms with Crippen LogP contribution in [0.1, 0.15) is 57.0 Å². The summed E-state index contributed by atoms with van der Waals surface area (Å²) in [6.45, 7) is 21.7. The molecule has 6 rings (SSSR count). The lowest BCUT2D eigenvalue weighted by Gasteiger charge is -2.28. The van der Waals surface area contributed by atoms with E-state index in [1.165, 1.54) is 27.7 Å². The number of nitrogens with two attached hydrogens (primary N) is 1. The van der Waals surface area contributed by atoms with Crippen molar-refractivity contribution in [2.75, 3.05) is 18.5 Å². The van der Waals surface area contributed by atoms with Crippen molar-refractivity contribution in [3.05, 3.63) is 228 Å². The Balaban J connectivity index is 0.000000309. The Morgan fingerprint density at radius 2 is 1.51 bits per heavy atom. The summed E-state index contributed by atoms with van der Waals surface area (Å²) >= 11 is 0. The first-order valence-electron chi connectivity index (χ1n) is 20.2. The fourth-order valence-electron chi connectivity index (χ4n) is 7.04. The third-order valence-electron chi connectivity index (χ3n) is 10.0. The van der Waals surface area contributed by atoms with Crippen LogP contribution in [0.15, 0.2) is 211 Å². The molecule has 0 unspecified atom stereocenters. The predicted octanol–water partition coefficient (Wildman–Crippen LogP) is 14.1. The molecule has 4 heteroatoms. The molecule has 1 aromatic heterocycles. The lowest BCUT2D eigenvalue weighted by Crippen LogP contribution is -2.23. The lowest BCUT2D eigenvalue weighted by molar-refractivity contribution is 1.03. The smallest absolute Gasteiger partial charge is 0.0663 e. The van der Waals surface area contributed by atoms with Gasteiger partial charge in [-0.1, -0.05) is 140 Å². The van der Waals surface area contributed by atoms with E-state index in [4.69, 9.17) is 5.73 Å². The normalized spacial score (nSPS) is 15.2. The molecule has 0 atom stereocenters. The molecule has 0 saturated carbocycles. The van der Waals surface area contributed by atoms with E-state index in [-0.39, 0.29) is 0 Å². The zero-order valence-corrected chi connectivity index (χ0v) is 35.8. The van der Waals surface area contributed by atoms with Crippen LogP contribution in [-0.2, 0) is 0 Å². The van der Waals surface area contributed by atoms with Crippen molar-refractivity contribution < 1.29 is 0 Å². The highest BCUT2D eigenvalue weighted by molar-refractivity contribution is 6.09. The summed E-state index contributed by atoms with van der Waals surface area (Å²) in [6, 6.07) is 34.2. The topological polar surface area (TPSA) is 46.5 Å². The molecular formula is C55H58N4. The molecule has 0 spiro atoms. The van der Waals surface area contributed by atoms with Crippen LogP contribution in [0, 0.1) is 6.92 Å². The van der Waals surface area contributed by atoms with Crippen LogP contribution in [0.4, 0.5) is 5.69 Å². The quantitative estimate of drug-likeness (QED) is 0.113. The van der Waals surface area contributed by atoms with E-state index in [9.17, 15) is 0 Å². The molecule has 0 amide bonds. The molecule has 0 fully saturated rings. The first-order valence-corrected chi connectivity index (χ1v) is 20.2. The number of allylic oxidation sites excluding steroid dienone is 14. The monoisotopic (exact) mass is 774 g/mol. The molecule has 59 heavy (non-hydrogen) atoms. The van der Waals surface area contributed by atoms with E-state index >= 15 is 0 Å². The Hall–Kier alpha value is -6.91. The minimum absolute atomic E-state index is 0.734. The van der Waals surface area contributed by atoms with Crippen LogP contribution < -0.4 is 10.6 Å². The van der Waals surface area contributed by atoms with Gasteiger partial charge in [0, 0.05) is 53.0 Å². The van der Waals surface area contributed by atoms with Crippen molar-refractivity contribution in [3.8, 4) is 16.8 Å². The molecule has 1 aliphatic rings. The van der Waals surface area contributed by atoms with E-state index in [2.05, 4.69) is 163 Å². The van der Waals surface area contributed by atoms with Gasteiger partial charge in [0.25, 0.3) is 0 Å². The molecular weight excluding hydrogens is 717 g/mol. The molecule has 0 aliphatic carbocycles. The fourth-order valence-corrected chi connectivity index (χ4v) is 7.04. The van der Waals surface area contributed by atoms with Gasteiger partial charge >= 0.3 is 0 Å². The van der Waals surface area contributed by atoms with Gasteiger partial charge in [-0.2, -0.15) is 0 Å². The number of para-hydroxylation sites is 1. The number of nitrogens with zero attached hydrogens (tertiary/aromatic N) is 3. The highest BCUT2D eigenvalue weighted by atomic mass is 15.1. The summed E-state index contributed by atoms with van der Waals surface area (Å²) in [5.41, 5.74) is 22.3. The molecule has 4 aromatic carbocycles. The summed E-state index contributed by atoms with van der Waals surface area (Å²) in [5.74, 6) is 0. The molecule has 0 radical (unpaired) electrons. The van der Waals surface area contributed by atoms with Gasteiger partial charge in [-0.15, -0.1) is 0 Å². The standard InChI is InChI=1S/C39H38N2.C16H20N2/c1-7-15-34(25-28(3)4)40-24-14-10-11-17-29(5)36-26-31(21-23-38(36)40)32-20-22-35-30(6)37(16-8-2)41(39(35)27-32)33-18-12-9-13-19-33;1-4-5-9-13(2)15(17)12-16(18-3)14-10-7-6-8-11-14/h7-23,25-27H,3,5,24H2,1-2,4,6H3;4-12H,17H2,1-3H3/b14-10-,15-7-,16-8-,17-11-,34-25+;5-4-,13-9+,15-12-,18-16?. The van der Waals surface area contributed by atoms with Crippen LogP contribution in [0.3, 0.4) is 0 Å². The van der Waals surface area contributed by atoms with Gasteiger partial charge in [0.15, 0.2) is 0 Å². The van der Waals surface area contributed by atoms with Crippen LogP contribution in [0.5, 0.6) is 0 Å².